The minimum atomic E-state index is 1.13. The van der Waals surface area contributed by atoms with Crippen LogP contribution < -0.4 is 0 Å². The Morgan fingerprint density at radius 3 is 2.93 bits per heavy atom. The molecular formula is C12H22N2S. The van der Waals surface area contributed by atoms with E-state index in [1.807, 2.05) is 18.0 Å². The third-order valence-electron chi connectivity index (χ3n) is 2.55. The molecule has 0 fully saturated rings. The maximum Gasteiger partial charge on any atom is 0.108 e. The first-order valence-electron chi connectivity index (χ1n) is 5.87. The third-order valence-corrected chi connectivity index (χ3v) is 3.25. The molecule has 0 atom stereocenters. The predicted octanol–water partition coefficient (Wildman–Crippen LogP) is 3.37. The van der Waals surface area contributed by atoms with E-state index in [1.165, 1.54) is 37.3 Å². The van der Waals surface area contributed by atoms with Crippen LogP contribution in [0.3, 0.4) is 0 Å². The highest BCUT2D eigenvalue weighted by Gasteiger charge is 2.01. The van der Waals surface area contributed by atoms with Crippen LogP contribution in [0.25, 0.3) is 0 Å². The topological polar surface area (TPSA) is 17.8 Å². The summed E-state index contributed by atoms with van der Waals surface area (Å²) in [5.74, 6) is 2.54. The van der Waals surface area contributed by atoms with Crippen molar-refractivity contribution in [3.8, 4) is 0 Å². The highest BCUT2D eigenvalue weighted by atomic mass is 32.2. The fraction of sp³-hybridized carbons (Fsp3) is 0.750. The minimum absolute atomic E-state index is 1.13. The Morgan fingerprint density at radius 2 is 2.20 bits per heavy atom. The van der Waals surface area contributed by atoms with E-state index in [4.69, 9.17) is 0 Å². The fourth-order valence-corrected chi connectivity index (χ4v) is 2.13. The number of hydrogen-bond donors (Lipinski definition) is 0. The van der Waals surface area contributed by atoms with E-state index in [-0.39, 0.29) is 0 Å². The molecule has 0 aliphatic carbocycles. The van der Waals surface area contributed by atoms with E-state index in [0.717, 1.165) is 13.0 Å². The molecule has 0 bridgehead atoms. The summed E-state index contributed by atoms with van der Waals surface area (Å²) >= 11 is 1.93. The first-order valence-corrected chi connectivity index (χ1v) is 7.26. The Kier molecular flexibility index (Phi) is 6.57. The van der Waals surface area contributed by atoms with Crippen LogP contribution in [0.2, 0.25) is 0 Å². The Hall–Kier alpha value is -0.440. The number of imidazole rings is 1. The average molecular weight is 226 g/mol. The summed E-state index contributed by atoms with van der Waals surface area (Å²) in [5, 5.41) is 0. The highest BCUT2D eigenvalue weighted by molar-refractivity contribution is 7.98. The lowest BCUT2D eigenvalue weighted by Crippen LogP contribution is -2.03. The van der Waals surface area contributed by atoms with E-state index < -0.39 is 0 Å². The zero-order valence-corrected chi connectivity index (χ0v) is 10.7. The zero-order chi connectivity index (χ0) is 10.9. The summed E-state index contributed by atoms with van der Waals surface area (Å²) in [6.45, 7) is 3.37. The van der Waals surface area contributed by atoms with Crippen LogP contribution in [0, 0.1) is 0 Å². The van der Waals surface area contributed by atoms with Crippen molar-refractivity contribution in [3.05, 3.63) is 18.2 Å². The van der Waals surface area contributed by atoms with Crippen molar-refractivity contribution in [2.45, 2.75) is 45.6 Å². The van der Waals surface area contributed by atoms with E-state index in [2.05, 4.69) is 28.9 Å². The van der Waals surface area contributed by atoms with Gasteiger partial charge in [-0.05, 0) is 31.3 Å². The molecule has 0 aliphatic rings. The normalized spacial score (nSPS) is 10.8. The molecule has 1 aromatic rings. The zero-order valence-electron chi connectivity index (χ0n) is 9.91. The number of nitrogens with zero attached hydrogens (tertiary/aromatic N) is 2. The van der Waals surface area contributed by atoms with E-state index in [1.54, 1.807) is 0 Å². The molecule has 0 unspecified atom stereocenters. The van der Waals surface area contributed by atoms with E-state index >= 15 is 0 Å². The highest BCUT2D eigenvalue weighted by Crippen LogP contribution is 2.06. The second kappa shape index (κ2) is 7.80. The third kappa shape index (κ3) is 4.74. The summed E-state index contributed by atoms with van der Waals surface area (Å²) in [5.41, 5.74) is 0. The van der Waals surface area contributed by atoms with Crippen LogP contribution in [0.5, 0.6) is 0 Å². The monoisotopic (exact) mass is 226 g/mol. The number of aromatic nitrogens is 2. The molecule has 2 nitrogen and oxygen atoms in total. The molecule has 0 amide bonds. The molecule has 3 heteroatoms. The van der Waals surface area contributed by atoms with Gasteiger partial charge in [0.25, 0.3) is 0 Å². The lowest BCUT2D eigenvalue weighted by molar-refractivity contribution is 0.593. The van der Waals surface area contributed by atoms with Crippen LogP contribution >= 0.6 is 11.8 Å². The lowest BCUT2D eigenvalue weighted by atomic mass is 10.2. The molecule has 0 N–H and O–H groups in total. The number of unbranched alkanes of at least 4 members (excludes halogenated alkanes) is 2. The molecule has 0 aromatic carbocycles. The van der Waals surface area contributed by atoms with Crippen molar-refractivity contribution < 1.29 is 0 Å². The van der Waals surface area contributed by atoms with Crippen molar-refractivity contribution in [1.29, 1.82) is 0 Å². The summed E-state index contributed by atoms with van der Waals surface area (Å²) < 4.78 is 2.32. The quantitative estimate of drug-likeness (QED) is 0.633. The van der Waals surface area contributed by atoms with Crippen LogP contribution in [-0.4, -0.2) is 21.6 Å². The maximum absolute atomic E-state index is 4.41. The van der Waals surface area contributed by atoms with Crippen molar-refractivity contribution >= 4 is 11.8 Å². The van der Waals surface area contributed by atoms with Gasteiger partial charge in [-0.2, -0.15) is 11.8 Å². The molecule has 15 heavy (non-hydrogen) atoms. The van der Waals surface area contributed by atoms with Gasteiger partial charge in [0.2, 0.25) is 0 Å². The van der Waals surface area contributed by atoms with Crippen molar-refractivity contribution in [2.24, 2.45) is 0 Å². The molecule has 0 saturated heterocycles. The van der Waals surface area contributed by atoms with Crippen LogP contribution in [0.4, 0.5) is 0 Å². The largest absolute Gasteiger partial charge is 0.335 e. The van der Waals surface area contributed by atoms with Gasteiger partial charge in [-0.25, -0.2) is 4.98 Å². The summed E-state index contributed by atoms with van der Waals surface area (Å²) in [7, 11) is 0. The standard InChI is InChI=1S/C12H22N2S/c1-3-4-7-12-13-8-10-14(12)9-5-6-11-15-2/h8,10H,3-7,9,11H2,1-2H3. The van der Waals surface area contributed by atoms with Crippen molar-refractivity contribution in [3.63, 3.8) is 0 Å². The fourth-order valence-electron chi connectivity index (χ4n) is 1.64. The van der Waals surface area contributed by atoms with Gasteiger partial charge in [0.1, 0.15) is 5.82 Å². The Bertz CT molecular complexity index is 258. The van der Waals surface area contributed by atoms with Gasteiger partial charge >= 0.3 is 0 Å². The second-order valence-corrected chi connectivity index (χ2v) is 4.83. The van der Waals surface area contributed by atoms with E-state index in [9.17, 15) is 0 Å². The molecule has 1 aromatic heterocycles. The summed E-state index contributed by atoms with van der Waals surface area (Å²) in [4.78, 5) is 4.41. The smallest absolute Gasteiger partial charge is 0.108 e. The summed E-state index contributed by atoms with van der Waals surface area (Å²) in [6, 6.07) is 0. The first kappa shape index (κ1) is 12.6. The Labute approximate surface area is 97.5 Å². The van der Waals surface area contributed by atoms with Crippen molar-refractivity contribution in [1.82, 2.24) is 9.55 Å². The number of aryl methyl sites for hydroxylation is 2. The van der Waals surface area contributed by atoms with Gasteiger partial charge in [0, 0.05) is 25.4 Å². The molecule has 1 rings (SSSR count). The van der Waals surface area contributed by atoms with Gasteiger partial charge in [-0.3, -0.25) is 0 Å². The molecule has 1 heterocycles. The molecule has 0 aliphatic heterocycles. The Balaban J connectivity index is 2.29. The van der Waals surface area contributed by atoms with Crippen LogP contribution in [0.15, 0.2) is 12.4 Å². The number of hydrogen-bond acceptors (Lipinski definition) is 2. The van der Waals surface area contributed by atoms with Gasteiger partial charge in [0.05, 0.1) is 0 Å². The summed E-state index contributed by atoms with van der Waals surface area (Å²) in [6.07, 6.45) is 12.4. The second-order valence-electron chi connectivity index (χ2n) is 3.84. The van der Waals surface area contributed by atoms with Gasteiger partial charge < -0.3 is 4.57 Å². The minimum Gasteiger partial charge on any atom is -0.335 e. The number of thioether (sulfide) groups is 1. The van der Waals surface area contributed by atoms with Crippen LogP contribution in [-0.2, 0) is 13.0 Å². The SMILES string of the molecule is CCCCc1nccn1CCCCSC. The first-order chi connectivity index (χ1) is 7.38. The van der Waals surface area contributed by atoms with Crippen molar-refractivity contribution in [2.75, 3.05) is 12.0 Å². The molecule has 0 saturated carbocycles. The maximum atomic E-state index is 4.41. The predicted molar refractivity (Wildman–Crippen MR) is 68.5 cm³/mol. The molecular weight excluding hydrogens is 204 g/mol. The molecule has 0 spiro atoms. The number of rotatable bonds is 8. The van der Waals surface area contributed by atoms with Crippen LogP contribution in [0.1, 0.15) is 38.4 Å². The molecule has 0 radical (unpaired) electrons. The molecule has 86 valence electrons. The van der Waals surface area contributed by atoms with Gasteiger partial charge in [-0.15, -0.1) is 0 Å². The Morgan fingerprint density at radius 1 is 1.33 bits per heavy atom. The van der Waals surface area contributed by atoms with Gasteiger partial charge in [0.15, 0.2) is 0 Å². The lowest BCUT2D eigenvalue weighted by Gasteiger charge is -2.06. The van der Waals surface area contributed by atoms with Gasteiger partial charge in [-0.1, -0.05) is 13.3 Å². The average Bonchev–Trinajstić information content (AvgIpc) is 2.69. The van der Waals surface area contributed by atoms with E-state index in [0.29, 0.717) is 0 Å².